The quantitative estimate of drug-likeness (QED) is 0.548. The molecule has 0 aliphatic rings. The van der Waals surface area contributed by atoms with Crippen molar-refractivity contribution in [1.82, 2.24) is 0 Å². The normalized spacial score (nSPS) is 16.2. The van der Waals surface area contributed by atoms with Crippen LogP contribution in [0.4, 0.5) is 4.39 Å². The van der Waals surface area contributed by atoms with Crippen molar-refractivity contribution in [3.05, 3.63) is 23.8 Å². The molecule has 0 fully saturated rings. The molecule has 64 valence electrons. The highest BCUT2D eigenvalue weighted by Crippen LogP contribution is 2.21. The van der Waals surface area contributed by atoms with Gasteiger partial charge in [-0.3, -0.25) is 0 Å². The van der Waals surface area contributed by atoms with E-state index in [9.17, 15) is 4.39 Å². The fourth-order valence-electron chi connectivity index (χ4n) is 1.35. The fraction of sp³-hybridized carbons (Fsp3) is 0.600. The molecule has 0 heterocycles. The van der Waals surface area contributed by atoms with Crippen LogP contribution in [-0.4, -0.2) is 6.17 Å². The molecule has 0 nitrogen and oxygen atoms in total. The summed E-state index contributed by atoms with van der Waals surface area (Å²) in [4.78, 5) is 0. The molecule has 0 aromatic carbocycles. The van der Waals surface area contributed by atoms with E-state index in [0.29, 0.717) is 0 Å². The molecule has 1 atom stereocenters. The van der Waals surface area contributed by atoms with Gasteiger partial charge >= 0.3 is 0 Å². The van der Waals surface area contributed by atoms with E-state index >= 15 is 0 Å². The third kappa shape index (κ3) is 2.87. The van der Waals surface area contributed by atoms with Crippen LogP contribution in [0.25, 0.3) is 0 Å². The maximum atomic E-state index is 12.9. The van der Waals surface area contributed by atoms with Crippen molar-refractivity contribution in [2.45, 2.75) is 33.9 Å². The molecule has 0 bridgehead atoms. The first-order chi connectivity index (χ1) is 5.00. The number of rotatable bonds is 3. The number of hydrogen-bond acceptors (Lipinski definition) is 0. The van der Waals surface area contributed by atoms with Gasteiger partial charge < -0.3 is 0 Å². The highest BCUT2D eigenvalue weighted by molar-refractivity contribution is 5.25. The molecular formula is C10H17F. The Bertz CT molecular complexity index is 154. The number of halogens is 1. The van der Waals surface area contributed by atoms with Gasteiger partial charge in [0.1, 0.15) is 6.17 Å². The molecule has 0 N–H and O–H groups in total. The summed E-state index contributed by atoms with van der Waals surface area (Å²) in [5.74, 6) is 0.271. The van der Waals surface area contributed by atoms with Crippen molar-refractivity contribution in [1.29, 1.82) is 0 Å². The van der Waals surface area contributed by atoms with Crippen LogP contribution in [0, 0.1) is 5.92 Å². The van der Waals surface area contributed by atoms with Crippen LogP contribution < -0.4 is 0 Å². The van der Waals surface area contributed by atoms with Crippen molar-refractivity contribution in [3.63, 3.8) is 0 Å². The molecule has 0 aliphatic carbocycles. The average molecular weight is 156 g/mol. The second-order valence-corrected chi connectivity index (χ2v) is 3.11. The zero-order valence-electron chi connectivity index (χ0n) is 7.82. The summed E-state index contributed by atoms with van der Waals surface area (Å²) in [7, 11) is 0. The summed E-state index contributed by atoms with van der Waals surface area (Å²) in [5.41, 5.74) is 1.83. The van der Waals surface area contributed by atoms with Gasteiger partial charge in [0.2, 0.25) is 0 Å². The van der Waals surface area contributed by atoms with Gasteiger partial charge in [0.15, 0.2) is 0 Å². The highest BCUT2D eigenvalue weighted by Gasteiger charge is 2.12. The molecule has 0 rings (SSSR count). The monoisotopic (exact) mass is 156 g/mol. The minimum absolute atomic E-state index is 0.271. The average Bonchev–Trinajstić information content (AvgIpc) is 1.85. The van der Waals surface area contributed by atoms with E-state index in [2.05, 4.69) is 6.58 Å². The molecule has 0 aromatic heterocycles. The molecule has 0 saturated carbocycles. The first kappa shape index (κ1) is 10.4. The molecule has 11 heavy (non-hydrogen) atoms. The van der Waals surface area contributed by atoms with Crippen molar-refractivity contribution in [3.8, 4) is 0 Å². The van der Waals surface area contributed by atoms with Crippen LogP contribution in [0.15, 0.2) is 23.8 Å². The van der Waals surface area contributed by atoms with Crippen molar-refractivity contribution >= 4 is 0 Å². The molecule has 0 radical (unpaired) electrons. The predicted octanol–water partition coefficient (Wildman–Crippen LogP) is 3.50. The fourth-order valence-corrected chi connectivity index (χ4v) is 1.35. The van der Waals surface area contributed by atoms with Gasteiger partial charge in [-0.1, -0.05) is 26.5 Å². The molecule has 0 aromatic rings. The Labute approximate surface area is 68.8 Å². The summed E-state index contributed by atoms with van der Waals surface area (Å²) in [6.07, 6.45) is 0.860. The molecule has 1 unspecified atom stereocenters. The minimum Gasteiger partial charge on any atom is -0.243 e. The lowest BCUT2D eigenvalue weighted by atomic mass is 9.94. The SMILES string of the molecule is C=C/C(C)=C(/C(C)C)C(C)F. The predicted molar refractivity (Wildman–Crippen MR) is 48.3 cm³/mol. The molecule has 0 amide bonds. The van der Waals surface area contributed by atoms with Gasteiger partial charge in [-0.15, -0.1) is 0 Å². The van der Waals surface area contributed by atoms with E-state index in [0.717, 1.165) is 11.1 Å². The van der Waals surface area contributed by atoms with E-state index in [4.69, 9.17) is 0 Å². The summed E-state index contributed by atoms with van der Waals surface area (Å²) >= 11 is 0. The van der Waals surface area contributed by atoms with Gasteiger partial charge in [0.25, 0.3) is 0 Å². The second-order valence-electron chi connectivity index (χ2n) is 3.11. The first-order valence-corrected chi connectivity index (χ1v) is 3.97. The van der Waals surface area contributed by atoms with Gasteiger partial charge in [0.05, 0.1) is 0 Å². The zero-order valence-corrected chi connectivity index (χ0v) is 7.82. The van der Waals surface area contributed by atoms with Gasteiger partial charge in [-0.2, -0.15) is 0 Å². The second kappa shape index (κ2) is 4.32. The first-order valence-electron chi connectivity index (χ1n) is 3.97. The van der Waals surface area contributed by atoms with Crippen molar-refractivity contribution in [2.75, 3.05) is 0 Å². The van der Waals surface area contributed by atoms with Crippen LogP contribution in [-0.2, 0) is 0 Å². The van der Waals surface area contributed by atoms with E-state index in [1.165, 1.54) is 0 Å². The van der Waals surface area contributed by atoms with Gasteiger partial charge in [-0.25, -0.2) is 4.39 Å². The smallest absolute Gasteiger partial charge is 0.119 e. The number of hydrogen-bond donors (Lipinski definition) is 0. The largest absolute Gasteiger partial charge is 0.243 e. The Morgan fingerprint density at radius 3 is 1.91 bits per heavy atom. The van der Waals surface area contributed by atoms with E-state index < -0.39 is 6.17 Å². The molecular weight excluding hydrogens is 139 g/mol. The molecule has 1 heteroatoms. The lowest BCUT2D eigenvalue weighted by Crippen LogP contribution is -2.07. The summed E-state index contributed by atoms with van der Waals surface area (Å²) in [5, 5.41) is 0. The van der Waals surface area contributed by atoms with Gasteiger partial charge in [0, 0.05) is 0 Å². The Kier molecular flexibility index (Phi) is 4.09. The minimum atomic E-state index is -0.854. The van der Waals surface area contributed by atoms with Crippen LogP contribution >= 0.6 is 0 Å². The summed E-state index contributed by atoms with van der Waals surface area (Å²) < 4.78 is 12.9. The lowest BCUT2D eigenvalue weighted by molar-refractivity contribution is 0.384. The van der Waals surface area contributed by atoms with Crippen LogP contribution in [0.1, 0.15) is 27.7 Å². The Balaban J connectivity index is 4.72. The van der Waals surface area contributed by atoms with E-state index in [1.807, 2.05) is 20.8 Å². The standard InChI is InChI=1S/C10H17F/c1-6-8(4)10(7(2)3)9(5)11/h6-7,9H,1H2,2-5H3/b10-8-. The number of alkyl halides is 1. The maximum Gasteiger partial charge on any atom is 0.119 e. The van der Waals surface area contributed by atoms with Crippen LogP contribution in [0.2, 0.25) is 0 Å². The Morgan fingerprint density at radius 2 is 1.82 bits per heavy atom. The zero-order chi connectivity index (χ0) is 9.02. The Morgan fingerprint density at radius 1 is 1.36 bits per heavy atom. The maximum absolute atomic E-state index is 12.9. The topological polar surface area (TPSA) is 0 Å². The summed E-state index contributed by atoms with van der Waals surface area (Å²) in [6.45, 7) is 11.1. The van der Waals surface area contributed by atoms with E-state index in [-0.39, 0.29) is 5.92 Å². The summed E-state index contributed by atoms with van der Waals surface area (Å²) in [6, 6.07) is 0. The molecule has 0 spiro atoms. The molecule has 0 saturated heterocycles. The van der Waals surface area contributed by atoms with Crippen molar-refractivity contribution in [2.24, 2.45) is 5.92 Å². The third-order valence-electron chi connectivity index (χ3n) is 1.81. The molecule has 0 aliphatic heterocycles. The number of allylic oxidation sites excluding steroid dienone is 3. The van der Waals surface area contributed by atoms with Crippen molar-refractivity contribution < 1.29 is 4.39 Å². The van der Waals surface area contributed by atoms with E-state index in [1.54, 1.807) is 13.0 Å². The highest BCUT2D eigenvalue weighted by atomic mass is 19.1. The van der Waals surface area contributed by atoms with Gasteiger partial charge in [-0.05, 0) is 30.9 Å². The van der Waals surface area contributed by atoms with Crippen LogP contribution in [0.3, 0.4) is 0 Å². The van der Waals surface area contributed by atoms with Crippen LogP contribution in [0.5, 0.6) is 0 Å². The Hall–Kier alpha value is -0.590. The third-order valence-corrected chi connectivity index (χ3v) is 1.81. The lowest BCUT2D eigenvalue weighted by Gasteiger charge is -2.14.